The van der Waals surface area contributed by atoms with Crippen molar-refractivity contribution in [3.63, 3.8) is 0 Å². The fourth-order valence-electron chi connectivity index (χ4n) is 2.31. The first-order valence-corrected chi connectivity index (χ1v) is 7.12. The van der Waals surface area contributed by atoms with E-state index in [1.54, 1.807) is 6.07 Å². The lowest BCUT2D eigenvalue weighted by molar-refractivity contribution is 0.470. The average Bonchev–Trinajstić information content (AvgIpc) is 2.90. The van der Waals surface area contributed by atoms with E-state index in [4.69, 9.17) is 0 Å². The average molecular weight is 294 g/mol. The van der Waals surface area contributed by atoms with Crippen molar-refractivity contribution in [2.24, 2.45) is 0 Å². The molecule has 1 atom stereocenters. The van der Waals surface area contributed by atoms with Crippen LogP contribution in [0.25, 0.3) is 0 Å². The molecule has 0 amide bonds. The van der Waals surface area contributed by atoms with Crippen molar-refractivity contribution in [2.45, 2.75) is 38.8 Å². The zero-order valence-electron chi connectivity index (χ0n) is 12.3. The van der Waals surface area contributed by atoms with E-state index in [2.05, 4.69) is 22.3 Å². The summed E-state index contributed by atoms with van der Waals surface area (Å²) in [4.78, 5) is 4.25. The van der Waals surface area contributed by atoms with Crippen molar-refractivity contribution in [3.05, 3.63) is 47.5 Å². The second-order valence-electron chi connectivity index (χ2n) is 5.01. The number of rotatable bonds is 7. The van der Waals surface area contributed by atoms with Gasteiger partial charge >= 0.3 is 0 Å². The standard InChI is InChI=1S/C15H20F2N4/c1-3-7-21-14(19-10-20-21)9-12(18-2)8-11-5-4-6-13(16)15(11)17/h4-6,10,12,18H,3,7-9H2,1-2H3. The van der Waals surface area contributed by atoms with Gasteiger partial charge in [0.15, 0.2) is 11.6 Å². The van der Waals surface area contributed by atoms with Crippen LogP contribution in [0.2, 0.25) is 0 Å². The van der Waals surface area contributed by atoms with Gasteiger partial charge in [0.2, 0.25) is 0 Å². The Morgan fingerprint density at radius 2 is 2.10 bits per heavy atom. The van der Waals surface area contributed by atoms with Gasteiger partial charge in [-0.15, -0.1) is 0 Å². The summed E-state index contributed by atoms with van der Waals surface area (Å²) in [5.74, 6) is -0.725. The molecule has 114 valence electrons. The minimum atomic E-state index is -0.809. The summed E-state index contributed by atoms with van der Waals surface area (Å²) in [7, 11) is 1.81. The third-order valence-corrected chi connectivity index (χ3v) is 3.47. The van der Waals surface area contributed by atoms with E-state index in [-0.39, 0.29) is 6.04 Å². The number of benzene rings is 1. The zero-order chi connectivity index (χ0) is 15.2. The fourth-order valence-corrected chi connectivity index (χ4v) is 2.31. The van der Waals surface area contributed by atoms with Gasteiger partial charge in [0.1, 0.15) is 12.2 Å². The Kier molecular flexibility index (Phi) is 5.38. The van der Waals surface area contributed by atoms with E-state index in [0.29, 0.717) is 18.4 Å². The first-order valence-electron chi connectivity index (χ1n) is 7.12. The molecule has 0 bridgehead atoms. The summed E-state index contributed by atoms with van der Waals surface area (Å²) in [6, 6.07) is 4.24. The molecule has 0 aliphatic carbocycles. The van der Waals surface area contributed by atoms with Crippen LogP contribution >= 0.6 is 0 Å². The van der Waals surface area contributed by atoms with Crippen LogP contribution in [0, 0.1) is 11.6 Å². The van der Waals surface area contributed by atoms with Crippen molar-refractivity contribution < 1.29 is 8.78 Å². The zero-order valence-corrected chi connectivity index (χ0v) is 12.3. The second-order valence-corrected chi connectivity index (χ2v) is 5.01. The number of hydrogen-bond acceptors (Lipinski definition) is 3. The van der Waals surface area contributed by atoms with Crippen molar-refractivity contribution in [3.8, 4) is 0 Å². The molecule has 1 aromatic carbocycles. The highest BCUT2D eigenvalue weighted by molar-refractivity contribution is 5.20. The van der Waals surface area contributed by atoms with Crippen LogP contribution in [0.5, 0.6) is 0 Å². The lowest BCUT2D eigenvalue weighted by Crippen LogP contribution is -2.31. The molecule has 1 heterocycles. The van der Waals surface area contributed by atoms with Gasteiger partial charge in [-0.3, -0.25) is 4.68 Å². The van der Waals surface area contributed by atoms with E-state index < -0.39 is 11.6 Å². The number of halogens is 2. The van der Waals surface area contributed by atoms with E-state index in [1.807, 2.05) is 11.7 Å². The van der Waals surface area contributed by atoms with Gasteiger partial charge in [0.25, 0.3) is 0 Å². The Labute approximate surface area is 123 Å². The monoisotopic (exact) mass is 294 g/mol. The Bertz CT molecular complexity index is 583. The molecule has 0 aliphatic heterocycles. The predicted octanol–water partition coefficient (Wildman–Crippen LogP) is 2.34. The molecule has 21 heavy (non-hydrogen) atoms. The summed E-state index contributed by atoms with van der Waals surface area (Å²) in [6.07, 6.45) is 3.52. The summed E-state index contributed by atoms with van der Waals surface area (Å²) >= 11 is 0. The molecule has 0 aliphatic rings. The number of likely N-dealkylation sites (N-methyl/N-ethyl adjacent to an activating group) is 1. The van der Waals surface area contributed by atoms with Crippen LogP contribution in [-0.2, 0) is 19.4 Å². The largest absolute Gasteiger partial charge is 0.316 e. The van der Waals surface area contributed by atoms with E-state index in [0.717, 1.165) is 24.9 Å². The maximum Gasteiger partial charge on any atom is 0.162 e. The molecule has 0 fully saturated rings. The third kappa shape index (κ3) is 3.85. The first kappa shape index (κ1) is 15.6. The first-order chi connectivity index (χ1) is 10.2. The maximum absolute atomic E-state index is 13.7. The molecule has 1 aromatic heterocycles. The van der Waals surface area contributed by atoms with Gasteiger partial charge in [0, 0.05) is 19.0 Å². The number of aromatic nitrogens is 3. The predicted molar refractivity (Wildman–Crippen MR) is 76.9 cm³/mol. The lowest BCUT2D eigenvalue weighted by atomic mass is 10.0. The molecule has 0 saturated carbocycles. The minimum absolute atomic E-state index is 0.0268. The van der Waals surface area contributed by atoms with Gasteiger partial charge < -0.3 is 5.32 Å². The third-order valence-electron chi connectivity index (χ3n) is 3.47. The summed E-state index contributed by atoms with van der Waals surface area (Å²) in [5, 5.41) is 7.31. The highest BCUT2D eigenvalue weighted by atomic mass is 19.2. The van der Waals surface area contributed by atoms with Crippen molar-refractivity contribution in [1.82, 2.24) is 20.1 Å². The minimum Gasteiger partial charge on any atom is -0.316 e. The van der Waals surface area contributed by atoms with Crippen LogP contribution in [0.15, 0.2) is 24.5 Å². The van der Waals surface area contributed by atoms with Crippen LogP contribution < -0.4 is 5.32 Å². The highest BCUT2D eigenvalue weighted by Gasteiger charge is 2.16. The summed E-state index contributed by atoms with van der Waals surface area (Å²) < 4.78 is 28.8. The summed E-state index contributed by atoms with van der Waals surface area (Å²) in [5.41, 5.74) is 0.371. The second kappa shape index (κ2) is 7.26. The molecule has 0 radical (unpaired) electrons. The number of hydrogen-bond donors (Lipinski definition) is 1. The quantitative estimate of drug-likeness (QED) is 0.852. The molecule has 2 rings (SSSR count). The van der Waals surface area contributed by atoms with Crippen LogP contribution in [0.1, 0.15) is 24.7 Å². The molecule has 2 aromatic rings. The molecule has 1 N–H and O–H groups in total. The van der Waals surface area contributed by atoms with Gasteiger partial charge in [-0.1, -0.05) is 19.1 Å². The van der Waals surface area contributed by atoms with Crippen LogP contribution in [0.3, 0.4) is 0 Å². The number of nitrogens with zero attached hydrogens (tertiary/aromatic N) is 3. The fraction of sp³-hybridized carbons (Fsp3) is 0.467. The smallest absolute Gasteiger partial charge is 0.162 e. The SMILES string of the molecule is CCCn1ncnc1CC(Cc1cccc(F)c1F)NC. The molecular weight excluding hydrogens is 274 g/mol. The Morgan fingerprint density at radius 1 is 1.29 bits per heavy atom. The number of nitrogens with one attached hydrogen (secondary N) is 1. The molecular formula is C15H20F2N4. The van der Waals surface area contributed by atoms with Crippen molar-refractivity contribution >= 4 is 0 Å². The van der Waals surface area contributed by atoms with Crippen molar-refractivity contribution in [1.29, 1.82) is 0 Å². The topological polar surface area (TPSA) is 42.7 Å². The normalized spacial score (nSPS) is 12.6. The van der Waals surface area contributed by atoms with E-state index in [9.17, 15) is 8.78 Å². The number of aryl methyl sites for hydroxylation is 1. The molecule has 4 nitrogen and oxygen atoms in total. The van der Waals surface area contributed by atoms with E-state index >= 15 is 0 Å². The van der Waals surface area contributed by atoms with Crippen molar-refractivity contribution in [2.75, 3.05) is 7.05 Å². The molecule has 0 spiro atoms. The lowest BCUT2D eigenvalue weighted by Gasteiger charge is -2.16. The Balaban J connectivity index is 2.09. The Hall–Kier alpha value is -1.82. The summed E-state index contributed by atoms with van der Waals surface area (Å²) in [6.45, 7) is 2.88. The van der Waals surface area contributed by atoms with E-state index in [1.165, 1.54) is 12.4 Å². The van der Waals surface area contributed by atoms with Gasteiger partial charge in [-0.25, -0.2) is 13.8 Å². The van der Waals surface area contributed by atoms with Gasteiger partial charge in [-0.2, -0.15) is 5.10 Å². The maximum atomic E-state index is 13.7. The van der Waals surface area contributed by atoms with Gasteiger partial charge in [0.05, 0.1) is 0 Å². The van der Waals surface area contributed by atoms with Crippen LogP contribution in [-0.4, -0.2) is 27.9 Å². The molecule has 6 heteroatoms. The highest BCUT2D eigenvalue weighted by Crippen LogP contribution is 2.14. The molecule has 1 unspecified atom stereocenters. The molecule has 0 saturated heterocycles. The Morgan fingerprint density at radius 3 is 2.81 bits per heavy atom. The van der Waals surface area contributed by atoms with Crippen LogP contribution in [0.4, 0.5) is 8.78 Å². The van der Waals surface area contributed by atoms with Gasteiger partial charge in [-0.05, 0) is 31.5 Å².